The monoisotopic (exact) mass is 458 g/mol. The number of aliphatic hydroxyl groups is 1. The Hall–Kier alpha value is -0.950. The van der Waals surface area contributed by atoms with Gasteiger partial charge in [-0.05, 0) is 32.1 Å². The third kappa shape index (κ3) is 27.1. The van der Waals surface area contributed by atoms with Crippen LogP contribution in [-0.4, -0.2) is 63.9 Å². The molecule has 0 aliphatic heterocycles. The van der Waals surface area contributed by atoms with Crippen molar-refractivity contribution in [2.45, 2.75) is 96.8 Å². The third-order valence-corrected chi connectivity index (χ3v) is 5.09. The van der Waals surface area contributed by atoms with E-state index in [1.165, 1.54) is 44.9 Å². The Morgan fingerprint density at radius 2 is 1.22 bits per heavy atom. The van der Waals surface area contributed by atoms with E-state index in [1.54, 1.807) is 0 Å². The largest absolute Gasteiger partial charge is 0.463 e. The Kier molecular flexibility index (Phi) is 27.2. The van der Waals surface area contributed by atoms with E-state index in [0.717, 1.165) is 51.7 Å². The molecule has 0 unspecified atom stereocenters. The highest BCUT2D eigenvalue weighted by Gasteiger charge is 2.02. The van der Waals surface area contributed by atoms with Crippen molar-refractivity contribution in [3.8, 4) is 0 Å². The third-order valence-electron chi connectivity index (χ3n) is 5.09. The first-order valence-corrected chi connectivity index (χ1v) is 13.0. The van der Waals surface area contributed by atoms with Crippen LogP contribution >= 0.6 is 0 Å². The van der Waals surface area contributed by atoms with Gasteiger partial charge in [0.1, 0.15) is 6.61 Å². The second kappa shape index (κ2) is 28.1. The van der Waals surface area contributed by atoms with Crippen molar-refractivity contribution in [1.82, 2.24) is 0 Å². The summed E-state index contributed by atoms with van der Waals surface area (Å²) in [5.41, 5.74) is 0. The van der Waals surface area contributed by atoms with Crippen molar-refractivity contribution in [1.29, 1.82) is 0 Å². The van der Waals surface area contributed by atoms with E-state index < -0.39 is 0 Å². The summed E-state index contributed by atoms with van der Waals surface area (Å²) >= 11 is 0. The van der Waals surface area contributed by atoms with Gasteiger partial charge in [0.05, 0.1) is 39.6 Å². The van der Waals surface area contributed by atoms with Gasteiger partial charge < -0.3 is 24.1 Å². The predicted molar refractivity (Wildman–Crippen MR) is 130 cm³/mol. The van der Waals surface area contributed by atoms with Crippen LogP contribution < -0.4 is 0 Å². The molecule has 0 aromatic carbocycles. The molecule has 0 heterocycles. The summed E-state index contributed by atoms with van der Waals surface area (Å²) < 4.78 is 21.2. The maximum Gasteiger partial charge on any atom is 0.305 e. The Labute approximate surface area is 197 Å². The SMILES string of the molecule is CCCCCCCCCOCC/C=C/CCCCCCC(=O)OCCOCCOCCO. The molecule has 0 aliphatic carbocycles. The number of carbonyl (C=O) groups excluding carboxylic acids is 1. The van der Waals surface area contributed by atoms with Gasteiger partial charge in [-0.25, -0.2) is 0 Å². The number of carbonyl (C=O) groups is 1. The topological polar surface area (TPSA) is 74.2 Å². The molecule has 0 saturated carbocycles. The van der Waals surface area contributed by atoms with Crippen LogP contribution in [0.15, 0.2) is 12.2 Å². The Balaban J connectivity index is 3.19. The molecule has 1 N–H and O–H groups in total. The van der Waals surface area contributed by atoms with Gasteiger partial charge >= 0.3 is 5.97 Å². The Morgan fingerprint density at radius 1 is 0.625 bits per heavy atom. The number of allylic oxidation sites excluding steroid dienone is 1. The van der Waals surface area contributed by atoms with E-state index in [9.17, 15) is 4.79 Å². The Morgan fingerprint density at radius 3 is 2.00 bits per heavy atom. The molecule has 0 aliphatic rings. The van der Waals surface area contributed by atoms with Crippen molar-refractivity contribution in [3.05, 3.63) is 12.2 Å². The molecule has 6 nitrogen and oxygen atoms in total. The molecule has 6 heteroatoms. The van der Waals surface area contributed by atoms with Crippen molar-refractivity contribution in [2.24, 2.45) is 0 Å². The average Bonchev–Trinajstić information content (AvgIpc) is 2.80. The maximum atomic E-state index is 11.6. The standard InChI is InChI=1S/C26H50O6/c1-2-3-4-5-9-12-15-19-29-20-16-13-10-7-6-8-11-14-17-26(28)32-25-24-31-23-22-30-21-18-27/h10,13,27H,2-9,11-12,14-25H2,1H3/b13-10+. The van der Waals surface area contributed by atoms with E-state index in [-0.39, 0.29) is 19.2 Å². The number of hydrogen-bond acceptors (Lipinski definition) is 6. The highest BCUT2D eigenvalue weighted by molar-refractivity contribution is 5.69. The fourth-order valence-electron chi connectivity index (χ4n) is 3.21. The van der Waals surface area contributed by atoms with Gasteiger partial charge in [0, 0.05) is 13.0 Å². The summed E-state index contributed by atoms with van der Waals surface area (Å²) in [6.07, 6.45) is 20.6. The van der Waals surface area contributed by atoms with E-state index in [1.807, 2.05) is 0 Å². The zero-order valence-corrected chi connectivity index (χ0v) is 20.7. The molecule has 0 spiro atoms. The number of aliphatic hydroxyl groups excluding tert-OH is 1. The first-order chi connectivity index (χ1) is 15.8. The molecule has 0 bridgehead atoms. The lowest BCUT2D eigenvalue weighted by Gasteiger charge is -2.06. The molecular weight excluding hydrogens is 408 g/mol. The van der Waals surface area contributed by atoms with Crippen molar-refractivity contribution < 1.29 is 28.8 Å². The second-order valence-electron chi connectivity index (χ2n) is 8.12. The van der Waals surface area contributed by atoms with Gasteiger partial charge in [0.25, 0.3) is 0 Å². The van der Waals surface area contributed by atoms with Gasteiger partial charge in [-0.3, -0.25) is 4.79 Å². The first kappa shape index (κ1) is 31.0. The lowest BCUT2D eigenvalue weighted by Crippen LogP contribution is -2.13. The highest BCUT2D eigenvalue weighted by atomic mass is 16.6. The maximum absolute atomic E-state index is 11.6. The normalized spacial score (nSPS) is 11.4. The average molecular weight is 459 g/mol. The van der Waals surface area contributed by atoms with Crippen LogP contribution in [0.2, 0.25) is 0 Å². The van der Waals surface area contributed by atoms with Gasteiger partial charge in [-0.2, -0.15) is 0 Å². The Bertz CT molecular complexity index is 400. The molecule has 0 amide bonds. The minimum absolute atomic E-state index is 0.0170. The van der Waals surface area contributed by atoms with Gasteiger partial charge in [-0.1, -0.05) is 70.4 Å². The molecule has 0 aromatic rings. The predicted octanol–water partition coefficient (Wildman–Crippen LogP) is 5.61. The van der Waals surface area contributed by atoms with Crippen molar-refractivity contribution >= 4 is 5.97 Å². The van der Waals surface area contributed by atoms with Crippen molar-refractivity contribution in [2.75, 3.05) is 52.9 Å². The molecule has 0 aromatic heterocycles. The summed E-state index contributed by atoms with van der Waals surface area (Å²) in [5.74, 6) is -0.151. The molecule has 0 rings (SSSR count). The quantitative estimate of drug-likeness (QED) is 0.103. The number of hydrogen-bond donors (Lipinski definition) is 1. The molecule has 0 radical (unpaired) electrons. The summed E-state index contributed by atoms with van der Waals surface area (Å²) in [5, 5.41) is 8.56. The molecule has 32 heavy (non-hydrogen) atoms. The number of rotatable bonds is 26. The van der Waals surface area contributed by atoms with Crippen LogP contribution in [0, 0.1) is 0 Å². The summed E-state index contributed by atoms with van der Waals surface area (Å²) in [6, 6.07) is 0. The zero-order chi connectivity index (χ0) is 23.4. The highest BCUT2D eigenvalue weighted by Crippen LogP contribution is 2.08. The minimum atomic E-state index is -0.151. The van der Waals surface area contributed by atoms with Crippen LogP contribution in [0.1, 0.15) is 96.8 Å². The summed E-state index contributed by atoms with van der Waals surface area (Å²) in [6.45, 7) is 5.87. The smallest absolute Gasteiger partial charge is 0.305 e. The number of ether oxygens (including phenoxy) is 4. The van der Waals surface area contributed by atoms with E-state index in [4.69, 9.17) is 24.1 Å². The van der Waals surface area contributed by atoms with Gasteiger partial charge in [-0.15, -0.1) is 0 Å². The molecule has 0 fully saturated rings. The van der Waals surface area contributed by atoms with Gasteiger partial charge in [0.15, 0.2) is 0 Å². The van der Waals surface area contributed by atoms with Crippen LogP contribution in [0.3, 0.4) is 0 Å². The van der Waals surface area contributed by atoms with Crippen molar-refractivity contribution in [3.63, 3.8) is 0 Å². The van der Waals surface area contributed by atoms with Crippen LogP contribution in [0.25, 0.3) is 0 Å². The zero-order valence-electron chi connectivity index (χ0n) is 20.7. The number of unbranched alkanes of at least 4 members (excludes halogenated alkanes) is 10. The minimum Gasteiger partial charge on any atom is -0.463 e. The lowest BCUT2D eigenvalue weighted by atomic mass is 10.1. The second-order valence-corrected chi connectivity index (χ2v) is 8.12. The molecule has 0 saturated heterocycles. The molecule has 190 valence electrons. The fraction of sp³-hybridized carbons (Fsp3) is 0.885. The van der Waals surface area contributed by atoms with E-state index in [2.05, 4.69) is 19.1 Å². The lowest BCUT2D eigenvalue weighted by molar-refractivity contribution is -0.145. The van der Waals surface area contributed by atoms with Crippen LogP contribution in [0.4, 0.5) is 0 Å². The van der Waals surface area contributed by atoms with Crippen LogP contribution in [-0.2, 0) is 23.7 Å². The first-order valence-electron chi connectivity index (χ1n) is 13.0. The van der Waals surface area contributed by atoms with E-state index in [0.29, 0.717) is 32.8 Å². The van der Waals surface area contributed by atoms with E-state index >= 15 is 0 Å². The fourth-order valence-corrected chi connectivity index (χ4v) is 3.21. The number of esters is 1. The molecular formula is C26H50O6. The summed E-state index contributed by atoms with van der Waals surface area (Å²) in [4.78, 5) is 11.6. The van der Waals surface area contributed by atoms with Gasteiger partial charge in [0.2, 0.25) is 0 Å². The van der Waals surface area contributed by atoms with Crippen LogP contribution in [0.5, 0.6) is 0 Å². The summed E-state index contributed by atoms with van der Waals surface area (Å²) in [7, 11) is 0. The molecule has 0 atom stereocenters.